The van der Waals surface area contributed by atoms with E-state index in [1.807, 2.05) is 6.07 Å². The molecule has 3 heterocycles. The number of carbonyl (C=O) groups is 2. The lowest BCUT2D eigenvalue weighted by Crippen LogP contribution is -2.46. The number of thiophene rings is 1. The highest BCUT2D eigenvalue weighted by Crippen LogP contribution is 2.23. The fraction of sp³-hybridized carbons (Fsp3) is 0.647. The summed E-state index contributed by atoms with van der Waals surface area (Å²) in [6.07, 6.45) is 0.815. The van der Waals surface area contributed by atoms with Crippen LogP contribution in [0, 0.1) is 0 Å². The molecule has 0 aromatic carbocycles. The summed E-state index contributed by atoms with van der Waals surface area (Å²) in [7, 11) is 0. The zero-order chi connectivity index (χ0) is 18.0. The summed E-state index contributed by atoms with van der Waals surface area (Å²) in [6.45, 7) is 9.95. The van der Waals surface area contributed by atoms with E-state index in [-0.39, 0.29) is 11.9 Å². The van der Waals surface area contributed by atoms with E-state index in [0.717, 1.165) is 50.0 Å². The van der Waals surface area contributed by atoms with Crippen molar-refractivity contribution >= 4 is 34.9 Å². The van der Waals surface area contributed by atoms with Crippen LogP contribution in [0.2, 0.25) is 4.34 Å². The van der Waals surface area contributed by atoms with E-state index in [0.29, 0.717) is 6.54 Å². The molecule has 2 aliphatic rings. The van der Waals surface area contributed by atoms with Crippen molar-refractivity contribution < 1.29 is 9.59 Å². The van der Waals surface area contributed by atoms with Crippen molar-refractivity contribution in [1.82, 2.24) is 20.0 Å². The summed E-state index contributed by atoms with van der Waals surface area (Å²) in [6, 6.07) is 3.78. The molecule has 6 nitrogen and oxygen atoms in total. The molecule has 1 N–H and O–H groups in total. The summed E-state index contributed by atoms with van der Waals surface area (Å²) in [5, 5.41) is 2.72. The molecule has 2 aliphatic heterocycles. The van der Waals surface area contributed by atoms with Gasteiger partial charge in [0, 0.05) is 44.1 Å². The van der Waals surface area contributed by atoms with Gasteiger partial charge < -0.3 is 10.2 Å². The molecule has 8 heteroatoms. The predicted octanol–water partition coefficient (Wildman–Crippen LogP) is 2.24. The van der Waals surface area contributed by atoms with Crippen molar-refractivity contribution in [1.29, 1.82) is 0 Å². The summed E-state index contributed by atoms with van der Waals surface area (Å²) >= 11 is 7.63. The number of hydrogen-bond acceptors (Lipinski definition) is 5. The number of amides is 3. The molecular formula is C17H25ClN4O2S. The third kappa shape index (κ3) is 4.53. The van der Waals surface area contributed by atoms with Gasteiger partial charge in [-0.1, -0.05) is 11.6 Å². The van der Waals surface area contributed by atoms with Crippen LogP contribution >= 0.6 is 22.9 Å². The molecule has 0 unspecified atom stereocenters. The van der Waals surface area contributed by atoms with Gasteiger partial charge in [-0.25, -0.2) is 4.79 Å². The van der Waals surface area contributed by atoms with Crippen molar-refractivity contribution in [3.63, 3.8) is 0 Å². The summed E-state index contributed by atoms with van der Waals surface area (Å²) in [4.78, 5) is 31.5. The molecule has 138 valence electrons. The second-order valence-electron chi connectivity index (χ2n) is 7.19. The standard InChI is InChI=1S/C17H25ClN4O2S/c1-17(2)15(23)22(16(24)19-17)7-3-6-20-8-10-21(11-9-20)12-13-4-5-14(18)25-13/h4-5H,3,6-12H2,1-2H3,(H,19,24). The SMILES string of the molecule is CC1(C)NC(=O)N(CCCN2CCN(Cc3ccc(Cl)s3)CC2)C1=O. The molecule has 0 spiro atoms. The molecule has 3 rings (SSSR count). The third-order valence-electron chi connectivity index (χ3n) is 4.77. The van der Waals surface area contributed by atoms with Gasteiger partial charge in [-0.2, -0.15) is 0 Å². The van der Waals surface area contributed by atoms with Crippen LogP contribution in [0.25, 0.3) is 0 Å². The van der Waals surface area contributed by atoms with E-state index in [1.165, 1.54) is 9.78 Å². The number of nitrogens with zero attached hydrogens (tertiary/aromatic N) is 3. The maximum atomic E-state index is 12.2. The highest BCUT2D eigenvalue weighted by Gasteiger charge is 2.43. The second-order valence-corrected chi connectivity index (χ2v) is 8.99. The van der Waals surface area contributed by atoms with Gasteiger partial charge in [0.2, 0.25) is 0 Å². The van der Waals surface area contributed by atoms with Crippen LogP contribution in [0.5, 0.6) is 0 Å². The van der Waals surface area contributed by atoms with Gasteiger partial charge in [0.25, 0.3) is 5.91 Å². The Balaban J connectivity index is 1.37. The van der Waals surface area contributed by atoms with Crippen LogP contribution < -0.4 is 5.32 Å². The lowest BCUT2D eigenvalue weighted by atomic mass is 10.1. The molecular weight excluding hydrogens is 360 g/mol. The first-order chi connectivity index (χ1) is 11.8. The van der Waals surface area contributed by atoms with Crippen molar-refractivity contribution in [2.24, 2.45) is 0 Å². The first-order valence-corrected chi connectivity index (χ1v) is 9.87. The molecule has 25 heavy (non-hydrogen) atoms. The highest BCUT2D eigenvalue weighted by molar-refractivity contribution is 7.16. The van der Waals surface area contributed by atoms with Gasteiger partial charge in [0.05, 0.1) is 4.34 Å². The van der Waals surface area contributed by atoms with Crippen LogP contribution in [0.3, 0.4) is 0 Å². The average Bonchev–Trinajstić information content (AvgIpc) is 3.04. The number of hydrogen-bond donors (Lipinski definition) is 1. The van der Waals surface area contributed by atoms with E-state index < -0.39 is 5.54 Å². The Hall–Kier alpha value is -1.15. The van der Waals surface area contributed by atoms with Crippen molar-refractivity contribution in [2.45, 2.75) is 32.4 Å². The molecule has 0 radical (unpaired) electrons. The largest absolute Gasteiger partial charge is 0.325 e. The maximum absolute atomic E-state index is 12.2. The van der Waals surface area contributed by atoms with Gasteiger partial charge in [-0.05, 0) is 38.9 Å². The maximum Gasteiger partial charge on any atom is 0.325 e. The lowest BCUT2D eigenvalue weighted by molar-refractivity contribution is -0.130. The Labute approximate surface area is 157 Å². The second kappa shape index (κ2) is 7.61. The summed E-state index contributed by atoms with van der Waals surface area (Å²) < 4.78 is 0.845. The molecule has 0 bridgehead atoms. The molecule has 0 saturated carbocycles. The molecule has 0 aliphatic carbocycles. The van der Waals surface area contributed by atoms with Crippen molar-refractivity contribution in [3.05, 3.63) is 21.3 Å². The van der Waals surface area contributed by atoms with Crippen molar-refractivity contribution in [3.8, 4) is 0 Å². The topological polar surface area (TPSA) is 55.9 Å². The highest BCUT2D eigenvalue weighted by atomic mass is 35.5. The minimum absolute atomic E-state index is 0.128. The number of halogens is 1. The normalized spacial score (nSPS) is 21.8. The number of rotatable bonds is 6. The molecule has 1 aromatic heterocycles. The third-order valence-corrected chi connectivity index (χ3v) is 5.99. The molecule has 3 amide bonds. The van der Waals surface area contributed by atoms with Crippen LogP contribution in [-0.2, 0) is 11.3 Å². The number of imide groups is 1. The molecule has 2 saturated heterocycles. The number of nitrogens with one attached hydrogen (secondary N) is 1. The average molecular weight is 385 g/mol. The molecule has 1 aromatic rings. The Morgan fingerprint density at radius 1 is 1.12 bits per heavy atom. The van der Waals surface area contributed by atoms with Gasteiger partial charge in [0.15, 0.2) is 0 Å². The van der Waals surface area contributed by atoms with Gasteiger partial charge in [-0.15, -0.1) is 11.3 Å². The zero-order valence-electron chi connectivity index (χ0n) is 14.8. The zero-order valence-corrected chi connectivity index (χ0v) is 16.3. The van der Waals surface area contributed by atoms with Gasteiger partial charge >= 0.3 is 6.03 Å². The number of piperazine rings is 1. The number of carbonyl (C=O) groups excluding carboxylic acids is 2. The van der Waals surface area contributed by atoms with E-state index in [9.17, 15) is 9.59 Å². The molecule has 0 atom stereocenters. The minimum atomic E-state index is -0.770. The first-order valence-electron chi connectivity index (χ1n) is 8.68. The quantitative estimate of drug-likeness (QED) is 0.764. The van der Waals surface area contributed by atoms with Crippen LogP contribution in [0.15, 0.2) is 12.1 Å². The van der Waals surface area contributed by atoms with Crippen LogP contribution in [-0.4, -0.2) is 71.4 Å². The fourth-order valence-corrected chi connectivity index (χ4v) is 4.43. The Kier molecular flexibility index (Phi) is 5.68. The van der Waals surface area contributed by atoms with Crippen LogP contribution in [0.4, 0.5) is 4.79 Å². The Morgan fingerprint density at radius 2 is 1.80 bits per heavy atom. The number of urea groups is 1. The fourth-order valence-electron chi connectivity index (χ4n) is 3.30. The first kappa shape index (κ1) is 18.6. The monoisotopic (exact) mass is 384 g/mol. The van der Waals surface area contributed by atoms with E-state index in [2.05, 4.69) is 21.2 Å². The summed E-state index contributed by atoms with van der Waals surface area (Å²) in [5.41, 5.74) is -0.770. The Morgan fingerprint density at radius 3 is 2.36 bits per heavy atom. The van der Waals surface area contributed by atoms with E-state index in [1.54, 1.807) is 25.2 Å². The smallest absolute Gasteiger partial charge is 0.324 e. The molecule has 2 fully saturated rings. The Bertz CT molecular complexity index is 640. The van der Waals surface area contributed by atoms with E-state index in [4.69, 9.17) is 11.6 Å². The lowest BCUT2D eigenvalue weighted by Gasteiger charge is -2.34. The minimum Gasteiger partial charge on any atom is -0.324 e. The van der Waals surface area contributed by atoms with E-state index >= 15 is 0 Å². The summed E-state index contributed by atoms with van der Waals surface area (Å²) in [5.74, 6) is -0.128. The predicted molar refractivity (Wildman–Crippen MR) is 100.0 cm³/mol. The van der Waals surface area contributed by atoms with Gasteiger partial charge in [-0.3, -0.25) is 14.6 Å². The van der Waals surface area contributed by atoms with Crippen molar-refractivity contribution in [2.75, 3.05) is 39.3 Å². The van der Waals surface area contributed by atoms with Crippen LogP contribution in [0.1, 0.15) is 25.1 Å². The van der Waals surface area contributed by atoms with Gasteiger partial charge in [0.1, 0.15) is 5.54 Å².